The minimum Gasteiger partial charge on any atom is -0.497 e. The molecule has 5 nitrogen and oxygen atoms in total. The molecule has 2 N–H and O–H groups in total. The van der Waals surface area contributed by atoms with E-state index < -0.39 is 0 Å². The van der Waals surface area contributed by atoms with Crippen molar-refractivity contribution in [1.29, 1.82) is 0 Å². The average Bonchev–Trinajstić information content (AvgIpc) is 2.62. The molecule has 1 atom stereocenters. The number of para-hydroxylation sites is 1. The normalized spacial score (nSPS) is 12.3. The van der Waals surface area contributed by atoms with Crippen molar-refractivity contribution in [2.24, 2.45) is 0 Å². The van der Waals surface area contributed by atoms with Crippen LogP contribution in [0.3, 0.4) is 0 Å². The molecule has 0 amide bonds. The van der Waals surface area contributed by atoms with Gasteiger partial charge in [0.15, 0.2) is 5.82 Å². The molecule has 3 aromatic rings. The minimum atomic E-state index is -0.0443. The summed E-state index contributed by atoms with van der Waals surface area (Å²) in [5.41, 5.74) is 1.49. The van der Waals surface area contributed by atoms with E-state index in [1.54, 1.807) is 11.7 Å². The van der Waals surface area contributed by atoms with Gasteiger partial charge in [0.25, 0.3) is 5.56 Å². The van der Waals surface area contributed by atoms with Gasteiger partial charge in [-0.25, -0.2) is 4.98 Å². The third-order valence-corrected chi connectivity index (χ3v) is 4.13. The summed E-state index contributed by atoms with van der Waals surface area (Å²) in [4.78, 5) is 17.9. The Labute approximate surface area is 140 Å². The first-order chi connectivity index (χ1) is 11.7. The molecule has 0 spiro atoms. The summed E-state index contributed by atoms with van der Waals surface area (Å²) >= 11 is 0. The summed E-state index contributed by atoms with van der Waals surface area (Å²) in [7, 11) is 1.63. The number of hydrogen-bond donors (Lipinski definition) is 1. The van der Waals surface area contributed by atoms with Gasteiger partial charge in [0.05, 0.1) is 30.2 Å². The first kappa shape index (κ1) is 16.2. The Bertz CT molecular complexity index is 901. The molecule has 0 aliphatic rings. The van der Waals surface area contributed by atoms with E-state index in [2.05, 4.69) is 19.2 Å². The van der Waals surface area contributed by atoms with Crippen LogP contribution in [0.1, 0.15) is 25.7 Å². The van der Waals surface area contributed by atoms with Gasteiger partial charge < -0.3 is 10.1 Å². The molecule has 2 aromatic carbocycles. The molecule has 0 fully saturated rings. The van der Waals surface area contributed by atoms with E-state index >= 15 is 0 Å². The van der Waals surface area contributed by atoms with Gasteiger partial charge >= 0.3 is 0 Å². The van der Waals surface area contributed by atoms with Gasteiger partial charge in [-0.1, -0.05) is 12.1 Å². The Morgan fingerprint density at radius 3 is 2.54 bits per heavy atom. The Morgan fingerprint density at radius 1 is 1.17 bits per heavy atom. The maximum atomic E-state index is 13.1. The molecule has 0 radical (unpaired) electrons. The fraction of sp³-hybridized carbons (Fsp3) is 0.263. The summed E-state index contributed by atoms with van der Waals surface area (Å²) in [5.74, 6) is 1.51. The molecule has 0 aliphatic heterocycles. The smallest absolute Gasteiger partial charge is 0.266 e. The van der Waals surface area contributed by atoms with Crippen molar-refractivity contribution in [1.82, 2.24) is 9.55 Å². The molecule has 0 saturated carbocycles. The van der Waals surface area contributed by atoms with Crippen LogP contribution in [0.15, 0.2) is 53.3 Å². The van der Waals surface area contributed by atoms with Crippen LogP contribution >= 0.6 is 0 Å². The van der Waals surface area contributed by atoms with E-state index in [0.29, 0.717) is 5.39 Å². The number of aromatic nitrogens is 2. The van der Waals surface area contributed by atoms with Crippen LogP contribution in [-0.4, -0.2) is 23.2 Å². The van der Waals surface area contributed by atoms with E-state index in [4.69, 9.17) is 9.72 Å². The maximum Gasteiger partial charge on any atom is 0.266 e. The number of ether oxygens (including phenoxy) is 1. The molecule has 1 aromatic heterocycles. The highest BCUT2D eigenvalue weighted by molar-refractivity contribution is 5.77. The molecular weight excluding hydrogens is 302 g/mol. The van der Waals surface area contributed by atoms with Crippen molar-refractivity contribution in [2.45, 2.75) is 19.9 Å². The Morgan fingerprint density at radius 2 is 1.88 bits per heavy atom. The summed E-state index contributed by atoms with van der Waals surface area (Å²) in [6.07, 6.45) is 0. The van der Waals surface area contributed by atoms with Crippen LogP contribution in [0, 0.1) is 0 Å². The largest absolute Gasteiger partial charge is 0.497 e. The number of nitrogens with two attached hydrogens (primary N) is 1. The zero-order valence-corrected chi connectivity index (χ0v) is 14.2. The number of benzene rings is 2. The number of quaternary nitrogens is 1. The molecule has 124 valence electrons. The first-order valence-electron chi connectivity index (χ1n) is 8.15. The van der Waals surface area contributed by atoms with Crippen molar-refractivity contribution in [3.05, 3.63) is 64.7 Å². The van der Waals surface area contributed by atoms with Crippen LogP contribution in [-0.2, 0) is 0 Å². The van der Waals surface area contributed by atoms with Gasteiger partial charge in [-0.3, -0.25) is 9.36 Å². The molecule has 0 saturated heterocycles. The monoisotopic (exact) mass is 324 g/mol. The summed E-state index contributed by atoms with van der Waals surface area (Å²) in [6.45, 7) is 5.08. The van der Waals surface area contributed by atoms with Gasteiger partial charge in [0.1, 0.15) is 11.8 Å². The number of methoxy groups -OCH3 is 1. The number of nitrogens with zero attached hydrogens (tertiary/aromatic N) is 2. The lowest BCUT2D eigenvalue weighted by molar-refractivity contribution is -0.691. The second-order valence-corrected chi connectivity index (χ2v) is 5.76. The zero-order chi connectivity index (χ0) is 17.1. The van der Waals surface area contributed by atoms with Crippen LogP contribution in [0.25, 0.3) is 16.6 Å². The maximum absolute atomic E-state index is 13.1. The summed E-state index contributed by atoms with van der Waals surface area (Å²) in [5, 5.41) is 2.79. The van der Waals surface area contributed by atoms with Gasteiger partial charge in [0.2, 0.25) is 0 Å². The molecule has 0 bridgehead atoms. The number of fused-ring (bicyclic) bond motifs is 1. The van der Waals surface area contributed by atoms with Crippen LogP contribution in [0.5, 0.6) is 5.75 Å². The van der Waals surface area contributed by atoms with Crippen molar-refractivity contribution in [3.63, 3.8) is 0 Å². The second kappa shape index (κ2) is 6.84. The lowest BCUT2D eigenvalue weighted by Crippen LogP contribution is -2.84. The Hall–Kier alpha value is -2.66. The lowest BCUT2D eigenvalue weighted by Gasteiger charge is -2.17. The highest BCUT2D eigenvalue weighted by Gasteiger charge is 2.19. The SMILES string of the molecule is CC[NH2+][C@@H](C)c1nc2ccccc2c(=O)n1-c1ccc(OC)cc1. The molecule has 0 unspecified atom stereocenters. The lowest BCUT2D eigenvalue weighted by atomic mass is 10.2. The standard InChI is InChI=1S/C19H21N3O2/c1-4-20-13(2)18-21-17-8-6-5-7-16(17)19(23)22(18)14-9-11-15(24-3)12-10-14/h5-13,20H,4H2,1-3H3/p+1/t13-/m0/s1. The van der Waals surface area contributed by atoms with E-state index in [1.165, 1.54) is 0 Å². The van der Waals surface area contributed by atoms with Crippen LogP contribution in [0.4, 0.5) is 0 Å². The predicted octanol–water partition coefficient (Wildman–Crippen LogP) is 2.04. The molecule has 3 rings (SSSR count). The van der Waals surface area contributed by atoms with E-state index in [0.717, 1.165) is 29.3 Å². The third-order valence-electron chi connectivity index (χ3n) is 4.13. The zero-order valence-electron chi connectivity index (χ0n) is 14.2. The van der Waals surface area contributed by atoms with E-state index in [1.807, 2.05) is 48.5 Å². The summed E-state index contributed by atoms with van der Waals surface area (Å²) in [6, 6.07) is 15.0. The first-order valence-corrected chi connectivity index (χ1v) is 8.15. The second-order valence-electron chi connectivity index (χ2n) is 5.76. The Balaban J connectivity index is 2.27. The summed E-state index contributed by atoms with van der Waals surface area (Å²) < 4.78 is 6.92. The topological polar surface area (TPSA) is 60.7 Å². The van der Waals surface area contributed by atoms with Crippen molar-refractivity contribution in [2.75, 3.05) is 13.7 Å². The van der Waals surface area contributed by atoms with E-state index in [-0.39, 0.29) is 11.6 Å². The van der Waals surface area contributed by atoms with Crippen LogP contribution < -0.4 is 15.6 Å². The highest BCUT2D eigenvalue weighted by atomic mass is 16.5. The van der Waals surface area contributed by atoms with Crippen LogP contribution in [0.2, 0.25) is 0 Å². The molecule has 5 heteroatoms. The highest BCUT2D eigenvalue weighted by Crippen LogP contribution is 2.18. The molecule has 0 aliphatic carbocycles. The molecular formula is C19H22N3O2+. The van der Waals surface area contributed by atoms with E-state index in [9.17, 15) is 4.79 Å². The fourth-order valence-corrected chi connectivity index (χ4v) is 2.90. The van der Waals surface area contributed by atoms with Gasteiger partial charge in [-0.15, -0.1) is 0 Å². The van der Waals surface area contributed by atoms with Gasteiger partial charge in [-0.05, 0) is 50.2 Å². The van der Waals surface area contributed by atoms with Crippen molar-refractivity contribution < 1.29 is 10.1 Å². The third kappa shape index (κ3) is 2.90. The van der Waals surface area contributed by atoms with Gasteiger partial charge in [-0.2, -0.15) is 0 Å². The quantitative estimate of drug-likeness (QED) is 0.781. The average molecular weight is 324 g/mol. The fourth-order valence-electron chi connectivity index (χ4n) is 2.90. The Kier molecular flexibility index (Phi) is 4.62. The van der Waals surface area contributed by atoms with Crippen molar-refractivity contribution >= 4 is 10.9 Å². The predicted molar refractivity (Wildman–Crippen MR) is 94.8 cm³/mol. The minimum absolute atomic E-state index is 0.0443. The number of rotatable bonds is 5. The number of hydrogen-bond acceptors (Lipinski definition) is 3. The van der Waals surface area contributed by atoms with Crippen molar-refractivity contribution in [3.8, 4) is 11.4 Å². The van der Waals surface area contributed by atoms with Gasteiger partial charge in [0, 0.05) is 0 Å². The molecule has 24 heavy (non-hydrogen) atoms. The molecule has 1 heterocycles.